The van der Waals surface area contributed by atoms with E-state index in [1.807, 2.05) is 7.05 Å². The Kier molecular flexibility index (Phi) is 4.28. The van der Waals surface area contributed by atoms with Crippen molar-refractivity contribution in [1.29, 1.82) is 0 Å². The highest BCUT2D eigenvalue weighted by atomic mass is 19.1. The Balaban J connectivity index is 2.10. The number of morpholine rings is 1. The SMILES string of the molecule is CNCCC1CN(c2ccccc2F)C(=O)CO1. The van der Waals surface area contributed by atoms with Crippen LogP contribution in [0.4, 0.5) is 10.1 Å². The van der Waals surface area contributed by atoms with E-state index < -0.39 is 0 Å². The van der Waals surface area contributed by atoms with Crippen molar-refractivity contribution in [3.05, 3.63) is 30.1 Å². The molecule has 1 saturated heterocycles. The number of nitrogens with one attached hydrogen (secondary N) is 1. The molecule has 1 aromatic rings. The standard InChI is InChI=1S/C13H17FN2O2/c1-15-7-6-10-8-16(13(17)9-18-10)12-5-3-2-4-11(12)14/h2-5,10,15H,6-9H2,1H3. The van der Waals surface area contributed by atoms with Gasteiger partial charge in [-0.25, -0.2) is 4.39 Å². The predicted octanol–water partition coefficient (Wildman–Crippen LogP) is 1.17. The van der Waals surface area contributed by atoms with Gasteiger partial charge in [0.25, 0.3) is 5.91 Å². The van der Waals surface area contributed by atoms with Gasteiger partial charge >= 0.3 is 0 Å². The second-order valence-corrected chi connectivity index (χ2v) is 4.28. The van der Waals surface area contributed by atoms with Gasteiger partial charge < -0.3 is 15.0 Å². The molecule has 1 aliphatic rings. The van der Waals surface area contributed by atoms with Crippen LogP contribution in [0.2, 0.25) is 0 Å². The monoisotopic (exact) mass is 252 g/mol. The molecule has 1 N–H and O–H groups in total. The molecule has 1 fully saturated rings. The molecule has 0 aliphatic carbocycles. The lowest BCUT2D eigenvalue weighted by atomic mass is 10.1. The summed E-state index contributed by atoms with van der Waals surface area (Å²) in [6, 6.07) is 6.32. The zero-order valence-electron chi connectivity index (χ0n) is 10.4. The Morgan fingerprint density at radius 3 is 3.00 bits per heavy atom. The summed E-state index contributed by atoms with van der Waals surface area (Å²) in [6.45, 7) is 1.23. The summed E-state index contributed by atoms with van der Waals surface area (Å²) in [4.78, 5) is 13.3. The third kappa shape index (κ3) is 2.86. The van der Waals surface area contributed by atoms with Gasteiger partial charge in [-0.1, -0.05) is 12.1 Å². The lowest BCUT2D eigenvalue weighted by Crippen LogP contribution is -2.47. The molecule has 18 heavy (non-hydrogen) atoms. The van der Waals surface area contributed by atoms with Crippen molar-refractivity contribution in [2.75, 3.05) is 31.6 Å². The van der Waals surface area contributed by atoms with Crippen molar-refractivity contribution in [1.82, 2.24) is 5.32 Å². The fourth-order valence-corrected chi connectivity index (χ4v) is 2.01. The van der Waals surface area contributed by atoms with Gasteiger partial charge in [0.15, 0.2) is 0 Å². The molecule has 1 atom stereocenters. The number of rotatable bonds is 4. The van der Waals surface area contributed by atoms with Gasteiger partial charge in [0.2, 0.25) is 0 Å². The largest absolute Gasteiger partial charge is 0.366 e. The van der Waals surface area contributed by atoms with E-state index in [-0.39, 0.29) is 24.4 Å². The van der Waals surface area contributed by atoms with E-state index in [1.165, 1.54) is 11.0 Å². The summed E-state index contributed by atoms with van der Waals surface area (Å²) in [6.07, 6.45) is 0.754. The molecule has 0 radical (unpaired) electrons. The van der Waals surface area contributed by atoms with Crippen LogP contribution in [0.1, 0.15) is 6.42 Å². The molecule has 98 valence electrons. The Morgan fingerprint density at radius 2 is 2.28 bits per heavy atom. The Hall–Kier alpha value is -1.46. The number of benzene rings is 1. The predicted molar refractivity (Wildman–Crippen MR) is 67.0 cm³/mol. The van der Waals surface area contributed by atoms with Gasteiger partial charge in [0.05, 0.1) is 18.3 Å². The summed E-state index contributed by atoms with van der Waals surface area (Å²) < 4.78 is 19.1. The van der Waals surface area contributed by atoms with Gasteiger partial charge in [-0.15, -0.1) is 0 Å². The smallest absolute Gasteiger partial charge is 0.253 e. The first-order valence-corrected chi connectivity index (χ1v) is 6.03. The molecule has 1 heterocycles. The molecule has 1 amide bonds. The molecular formula is C13H17FN2O2. The Bertz CT molecular complexity index is 425. The maximum Gasteiger partial charge on any atom is 0.253 e. The minimum atomic E-state index is -0.375. The van der Waals surface area contributed by atoms with Crippen LogP contribution in [0.25, 0.3) is 0 Å². The summed E-state index contributed by atoms with van der Waals surface area (Å²) in [5, 5.41) is 3.03. The molecule has 1 aliphatic heterocycles. The lowest BCUT2D eigenvalue weighted by Gasteiger charge is -2.33. The zero-order valence-corrected chi connectivity index (χ0v) is 10.4. The zero-order chi connectivity index (χ0) is 13.0. The maximum atomic E-state index is 13.7. The molecule has 0 spiro atoms. The first kappa shape index (κ1) is 13.0. The molecule has 5 heteroatoms. The van der Waals surface area contributed by atoms with Crippen molar-refractivity contribution >= 4 is 11.6 Å². The van der Waals surface area contributed by atoms with Crippen molar-refractivity contribution < 1.29 is 13.9 Å². The molecule has 1 aromatic carbocycles. The average molecular weight is 252 g/mol. The molecule has 0 bridgehead atoms. The molecule has 0 saturated carbocycles. The minimum Gasteiger partial charge on any atom is -0.366 e. The highest BCUT2D eigenvalue weighted by molar-refractivity contribution is 5.95. The summed E-state index contributed by atoms with van der Waals surface area (Å²) in [5.41, 5.74) is 0.334. The lowest BCUT2D eigenvalue weighted by molar-refractivity contribution is -0.129. The van der Waals surface area contributed by atoms with E-state index in [1.54, 1.807) is 18.2 Å². The highest BCUT2D eigenvalue weighted by Crippen LogP contribution is 2.22. The van der Waals surface area contributed by atoms with E-state index in [0.717, 1.165) is 13.0 Å². The van der Waals surface area contributed by atoms with Crippen LogP contribution >= 0.6 is 0 Å². The van der Waals surface area contributed by atoms with E-state index in [2.05, 4.69) is 5.32 Å². The van der Waals surface area contributed by atoms with Gasteiger partial charge in [0.1, 0.15) is 12.4 Å². The topological polar surface area (TPSA) is 41.6 Å². The number of halogens is 1. The molecule has 0 aromatic heterocycles. The molecule has 4 nitrogen and oxygen atoms in total. The van der Waals surface area contributed by atoms with Crippen LogP contribution in [-0.2, 0) is 9.53 Å². The number of carbonyl (C=O) groups excluding carboxylic acids is 1. The summed E-state index contributed by atoms with van der Waals surface area (Å²) >= 11 is 0. The van der Waals surface area contributed by atoms with E-state index in [0.29, 0.717) is 12.2 Å². The van der Waals surface area contributed by atoms with Crippen molar-refractivity contribution in [3.63, 3.8) is 0 Å². The second kappa shape index (κ2) is 5.93. The van der Waals surface area contributed by atoms with Crippen molar-refractivity contribution in [2.45, 2.75) is 12.5 Å². The van der Waals surface area contributed by atoms with Crippen LogP contribution in [0.3, 0.4) is 0 Å². The van der Waals surface area contributed by atoms with Gasteiger partial charge in [-0.2, -0.15) is 0 Å². The first-order valence-electron chi connectivity index (χ1n) is 6.03. The summed E-state index contributed by atoms with van der Waals surface area (Å²) in [5.74, 6) is -0.569. The number of anilines is 1. The van der Waals surface area contributed by atoms with Crippen LogP contribution in [0.5, 0.6) is 0 Å². The van der Waals surface area contributed by atoms with Crippen molar-refractivity contribution in [3.8, 4) is 0 Å². The van der Waals surface area contributed by atoms with Gasteiger partial charge in [0, 0.05) is 0 Å². The Labute approximate surface area is 106 Å². The van der Waals surface area contributed by atoms with Crippen LogP contribution in [-0.4, -0.2) is 38.8 Å². The van der Waals surface area contributed by atoms with E-state index in [9.17, 15) is 9.18 Å². The number of hydrogen-bond acceptors (Lipinski definition) is 3. The molecule has 2 rings (SSSR count). The fraction of sp³-hybridized carbons (Fsp3) is 0.462. The fourth-order valence-electron chi connectivity index (χ4n) is 2.01. The third-order valence-electron chi connectivity index (χ3n) is 2.99. The third-order valence-corrected chi connectivity index (χ3v) is 2.99. The van der Waals surface area contributed by atoms with E-state index in [4.69, 9.17) is 4.74 Å². The summed E-state index contributed by atoms with van der Waals surface area (Å²) in [7, 11) is 1.86. The van der Waals surface area contributed by atoms with Crippen molar-refractivity contribution in [2.24, 2.45) is 0 Å². The quantitative estimate of drug-likeness (QED) is 0.874. The normalized spacial score (nSPS) is 20.2. The number of nitrogens with zero attached hydrogens (tertiary/aromatic N) is 1. The van der Waals surface area contributed by atoms with Crippen LogP contribution < -0.4 is 10.2 Å². The van der Waals surface area contributed by atoms with Gasteiger partial charge in [-0.05, 0) is 32.1 Å². The number of carbonyl (C=O) groups is 1. The average Bonchev–Trinajstić information content (AvgIpc) is 2.39. The number of amides is 1. The molecular weight excluding hydrogens is 235 g/mol. The maximum absolute atomic E-state index is 13.7. The van der Waals surface area contributed by atoms with E-state index >= 15 is 0 Å². The number of para-hydroxylation sites is 1. The first-order chi connectivity index (χ1) is 8.72. The number of hydrogen-bond donors (Lipinski definition) is 1. The Morgan fingerprint density at radius 1 is 1.50 bits per heavy atom. The highest BCUT2D eigenvalue weighted by Gasteiger charge is 2.28. The molecule has 1 unspecified atom stereocenters. The van der Waals surface area contributed by atoms with Gasteiger partial charge in [-0.3, -0.25) is 4.79 Å². The number of ether oxygens (including phenoxy) is 1. The van der Waals surface area contributed by atoms with Crippen LogP contribution in [0, 0.1) is 5.82 Å². The second-order valence-electron chi connectivity index (χ2n) is 4.28. The van der Waals surface area contributed by atoms with Crippen LogP contribution in [0.15, 0.2) is 24.3 Å². The minimum absolute atomic E-state index is 0.0166.